The number of benzene rings is 2. The molecule has 0 spiro atoms. The van der Waals surface area contributed by atoms with Crippen molar-refractivity contribution in [1.82, 2.24) is 0 Å². The van der Waals surface area contributed by atoms with Gasteiger partial charge < -0.3 is 13.9 Å². The Balaban J connectivity index is 1.45. The van der Waals surface area contributed by atoms with E-state index in [0.29, 0.717) is 21.9 Å². The number of esters is 1. The number of ether oxygens (including phenoxy) is 2. The summed E-state index contributed by atoms with van der Waals surface area (Å²) in [6.45, 7) is 1.62. The molecule has 0 radical (unpaired) electrons. The van der Waals surface area contributed by atoms with Crippen LogP contribution >= 0.6 is 11.6 Å². The van der Waals surface area contributed by atoms with Crippen molar-refractivity contribution in [2.45, 2.75) is 32.8 Å². The first-order valence-corrected chi connectivity index (χ1v) is 9.50. The number of aryl methyl sites for hydroxylation is 3. The van der Waals surface area contributed by atoms with Crippen molar-refractivity contribution in [2.75, 3.05) is 6.61 Å². The molecule has 1 heterocycles. The topological polar surface area (TPSA) is 65.7 Å². The SMILES string of the molecule is Cc1cc(OCC(=O)OCc2cc(=O)oc3cc4c(cc23)CCC4)ccc1Cl. The summed E-state index contributed by atoms with van der Waals surface area (Å²) < 4.78 is 16.1. The van der Waals surface area contributed by atoms with Crippen LogP contribution in [0.4, 0.5) is 0 Å². The summed E-state index contributed by atoms with van der Waals surface area (Å²) in [5.41, 5.74) is 4.06. The van der Waals surface area contributed by atoms with Gasteiger partial charge in [0.1, 0.15) is 17.9 Å². The van der Waals surface area contributed by atoms with Crippen LogP contribution in [0, 0.1) is 6.92 Å². The maximum atomic E-state index is 12.1. The molecule has 5 nitrogen and oxygen atoms in total. The minimum atomic E-state index is -0.518. The molecule has 4 rings (SSSR count). The van der Waals surface area contributed by atoms with Crippen molar-refractivity contribution in [1.29, 1.82) is 0 Å². The number of carbonyl (C=O) groups excluding carboxylic acids is 1. The third kappa shape index (κ3) is 3.90. The standard InChI is InChI=1S/C22H19ClO5/c1-13-7-17(5-6-19(13)23)26-12-22(25)27-11-16-10-21(24)28-20-9-15-4-2-3-14(15)8-18(16)20/h5-10H,2-4,11-12H2,1H3. The van der Waals surface area contributed by atoms with Crippen molar-refractivity contribution in [3.63, 3.8) is 0 Å². The third-order valence-corrected chi connectivity index (χ3v) is 5.34. The molecule has 144 valence electrons. The molecule has 0 saturated heterocycles. The molecule has 1 aliphatic carbocycles. The predicted octanol–water partition coefficient (Wildman–Crippen LogP) is 4.37. The number of hydrogen-bond donors (Lipinski definition) is 0. The van der Waals surface area contributed by atoms with Gasteiger partial charge in [-0.15, -0.1) is 0 Å². The number of fused-ring (bicyclic) bond motifs is 2. The molecule has 0 fully saturated rings. The average Bonchev–Trinajstić information content (AvgIpc) is 3.12. The smallest absolute Gasteiger partial charge is 0.344 e. The Hall–Kier alpha value is -2.79. The van der Waals surface area contributed by atoms with Crippen LogP contribution in [0.1, 0.15) is 28.7 Å². The first kappa shape index (κ1) is 18.6. The van der Waals surface area contributed by atoms with Crippen LogP contribution in [0.25, 0.3) is 11.0 Å². The number of rotatable bonds is 5. The fourth-order valence-electron chi connectivity index (χ4n) is 3.46. The molecular formula is C22H19ClO5. The molecule has 0 atom stereocenters. The van der Waals surface area contributed by atoms with Gasteiger partial charge in [-0.25, -0.2) is 9.59 Å². The van der Waals surface area contributed by atoms with Gasteiger partial charge in [-0.2, -0.15) is 0 Å². The van der Waals surface area contributed by atoms with Crippen LogP contribution in [0.5, 0.6) is 5.75 Å². The van der Waals surface area contributed by atoms with E-state index in [9.17, 15) is 9.59 Å². The van der Waals surface area contributed by atoms with Crippen LogP contribution in [0.15, 0.2) is 45.6 Å². The molecule has 0 N–H and O–H groups in total. The number of hydrogen-bond acceptors (Lipinski definition) is 5. The van der Waals surface area contributed by atoms with Gasteiger partial charge in [-0.3, -0.25) is 0 Å². The largest absolute Gasteiger partial charge is 0.482 e. The normalized spacial score (nSPS) is 12.8. The number of halogens is 1. The Labute approximate surface area is 166 Å². The predicted molar refractivity (Wildman–Crippen MR) is 106 cm³/mol. The van der Waals surface area contributed by atoms with Crippen LogP contribution in [0.2, 0.25) is 5.02 Å². The van der Waals surface area contributed by atoms with E-state index in [2.05, 4.69) is 0 Å². The summed E-state index contributed by atoms with van der Waals surface area (Å²) in [5, 5.41) is 1.44. The van der Waals surface area contributed by atoms with E-state index in [1.54, 1.807) is 18.2 Å². The van der Waals surface area contributed by atoms with E-state index in [1.807, 2.05) is 19.1 Å². The van der Waals surface area contributed by atoms with Gasteiger partial charge in [0.25, 0.3) is 0 Å². The molecule has 1 aliphatic rings. The van der Waals surface area contributed by atoms with Crippen molar-refractivity contribution >= 4 is 28.5 Å². The lowest BCUT2D eigenvalue weighted by Gasteiger charge is -2.10. The van der Waals surface area contributed by atoms with Gasteiger partial charge >= 0.3 is 11.6 Å². The zero-order chi connectivity index (χ0) is 19.7. The van der Waals surface area contributed by atoms with Crippen LogP contribution < -0.4 is 10.4 Å². The second kappa shape index (κ2) is 7.68. The Bertz CT molecular complexity index is 1120. The molecular weight excluding hydrogens is 380 g/mol. The average molecular weight is 399 g/mol. The van der Waals surface area contributed by atoms with Gasteiger partial charge in [0, 0.05) is 22.0 Å². The summed E-state index contributed by atoms with van der Waals surface area (Å²) in [6.07, 6.45) is 3.11. The van der Waals surface area contributed by atoms with E-state index in [-0.39, 0.29) is 13.2 Å². The summed E-state index contributed by atoms with van der Waals surface area (Å²) in [5.74, 6) is 0.0235. The highest BCUT2D eigenvalue weighted by Gasteiger charge is 2.16. The summed E-state index contributed by atoms with van der Waals surface area (Å²) >= 11 is 5.98. The fraction of sp³-hybridized carbons (Fsp3) is 0.273. The zero-order valence-electron chi connectivity index (χ0n) is 15.4. The Kier molecular flexibility index (Phi) is 5.09. The van der Waals surface area contributed by atoms with Crippen LogP contribution in [0.3, 0.4) is 0 Å². The molecule has 0 saturated carbocycles. The minimum absolute atomic E-state index is 0.0112. The lowest BCUT2D eigenvalue weighted by molar-refractivity contribution is -0.147. The summed E-state index contributed by atoms with van der Waals surface area (Å²) in [7, 11) is 0. The van der Waals surface area contributed by atoms with Gasteiger partial charge in [0.2, 0.25) is 0 Å². The van der Waals surface area contributed by atoms with Crippen LogP contribution in [-0.2, 0) is 29.0 Å². The van der Waals surface area contributed by atoms with Crippen molar-refractivity contribution in [2.24, 2.45) is 0 Å². The summed E-state index contributed by atoms with van der Waals surface area (Å²) in [6, 6.07) is 10.5. The zero-order valence-corrected chi connectivity index (χ0v) is 16.2. The molecule has 3 aromatic rings. The van der Waals surface area contributed by atoms with E-state index in [4.69, 9.17) is 25.5 Å². The highest BCUT2D eigenvalue weighted by Crippen LogP contribution is 2.28. The highest BCUT2D eigenvalue weighted by molar-refractivity contribution is 6.31. The maximum Gasteiger partial charge on any atom is 0.344 e. The Morgan fingerprint density at radius 3 is 2.71 bits per heavy atom. The monoisotopic (exact) mass is 398 g/mol. The van der Waals surface area contributed by atoms with Crippen LogP contribution in [-0.4, -0.2) is 12.6 Å². The van der Waals surface area contributed by atoms with Crippen molar-refractivity contribution < 1.29 is 18.7 Å². The van der Waals surface area contributed by atoms with Gasteiger partial charge in [-0.1, -0.05) is 11.6 Å². The maximum absolute atomic E-state index is 12.1. The van der Waals surface area contributed by atoms with E-state index in [0.717, 1.165) is 30.2 Å². The molecule has 0 aliphatic heterocycles. The van der Waals surface area contributed by atoms with Gasteiger partial charge in [0.05, 0.1) is 0 Å². The Morgan fingerprint density at radius 1 is 1.14 bits per heavy atom. The van der Waals surface area contributed by atoms with Crippen molar-refractivity contribution in [3.8, 4) is 5.75 Å². The molecule has 0 bridgehead atoms. The highest BCUT2D eigenvalue weighted by atomic mass is 35.5. The van der Waals surface area contributed by atoms with Gasteiger partial charge in [-0.05, 0) is 73.2 Å². The van der Waals surface area contributed by atoms with Crippen molar-refractivity contribution in [3.05, 3.63) is 74.1 Å². The number of carbonyl (C=O) groups is 1. The lowest BCUT2D eigenvalue weighted by Crippen LogP contribution is -2.15. The second-order valence-corrected chi connectivity index (χ2v) is 7.33. The molecule has 0 amide bonds. The first-order valence-electron chi connectivity index (χ1n) is 9.13. The lowest BCUT2D eigenvalue weighted by atomic mass is 10.0. The summed E-state index contributed by atoms with van der Waals surface area (Å²) in [4.78, 5) is 24.0. The molecule has 6 heteroatoms. The fourth-order valence-corrected chi connectivity index (χ4v) is 3.58. The third-order valence-electron chi connectivity index (χ3n) is 4.92. The minimum Gasteiger partial charge on any atom is -0.482 e. The molecule has 2 aromatic carbocycles. The van der Waals surface area contributed by atoms with E-state index in [1.165, 1.54) is 17.2 Å². The first-order chi connectivity index (χ1) is 13.5. The molecule has 0 unspecified atom stereocenters. The second-order valence-electron chi connectivity index (χ2n) is 6.92. The Morgan fingerprint density at radius 2 is 1.93 bits per heavy atom. The molecule has 1 aromatic heterocycles. The molecule has 28 heavy (non-hydrogen) atoms. The van der Waals surface area contributed by atoms with E-state index >= 15 is 0 Å². The quantitative estimate of drug-likeness (QED) is 0.471. The van der Waals surface area contributed by atoms with Gasteiger partial charge in [0.15, 0.2) is 6.61 Å². The van der Waals surface area contributed by atoms with E-state index < -0.39 is 11.6 Å².